The molecule has 1 aromatic heterocycles. The maximum atomic E-state index is 5.62. The van der Waals surface area contributed by atoms with E-state index in [0.29, 0.717) is 5.82 Å². The van der Waals surface area contributed by atoms with Gasteiger partial charge in [-0.2, -0.15) is 0 Å². The highest BCUT2D eigenvalue weighted by atomic mass is 14.8. The molecule has 0 aromatic carbocycles. The average Bonchev–Trinajstić information content (AvgIpc) is 2.45. The van der Waals surface area contributed by atoms with E-state index in [9.17, 15) is 0 Å². The molecule has 1 heterocycles. The number of aryl methyl sites for hydroxylation is 1. The van der Waals surface area contributed by atoms with Crippen molar-refractivity contribution >= 4 is 11.4 Å². The van der Waals surface area contributed by atoms with Gasteiger partial charge in [-0.05, 0) is 37.1 Å². The molecule has 0 aliphatic heterocycles. The summed E-state index contributed by atoms with van der Waals surface area (Å²) in [5, 5.41) is 0. The third kappa shape index (κ3) is 11.0. The van der Waals surface area contributed by atoms with Crippen LogP contribution in [0.1, 0.15) is 45.9 Å². The van der Waals surface area contributed by atoms with E-state index in [-0.39, 0.29) is 0 Å². The summed E-state index contributed by atoms with van der Waals surface area (Å²) in [6.07, 6.45) is 3.85. The normalized spacial score (nSPS) is 8.11. The summed E-state index contributed by atoms with van der Waals surface area (Å²) in [6, 6.07) is 3.81. The quantitative estimate of drug-likeness (QED) is 0.571. The lowest BCUT2D eigenvalue weighted by atomic mass is 10.1. The molecule has 1 aromatic rings. The third-order valence-electron chi connectivity index (χ3n) is 1.69. The molecule has 2 N–H and O–H groups in total. The monoisotopic (exact) mass is 262 g/mol. The number of nitrogen functional groups attached to an aromatic ring is 1. The molecular formula is C17H30N2. The number of nitrogens with zero attached hydrogens (tertiary/aromatic N) is 1. The predicted octanol–water partition coefficient (Wildman–Crippen LogP) is 5.42. The number of hydrogen-bond acceptors (Lipinski definition) is 2. The van der Waals surface area contributed by atoms with E-state index in [1.165, 1.54) is 0 Å². The molecule has 0 aliphatic rings. The standard InChI is InChI=1S/C11H14N2.2C2H6.C2H4/c1-4-5-9(3)10-6-8(2)7-11(12)13-10;3*1-2/h4-7H,3H2,1-2H3,(H2,12,13);2*1-2H3;1-2H2/b5-4-;;;. The molecule has 2 heteroatoms. The van der Waals surface area contributed by atoms with Crippen molar-refractivity contribution < 1.29 is 0 Å². The first-order valence-corrected chi connectivity index (χ1v) is 6.69. The van der Waals surface area contributed by atoms with Gasteiger partial charge in [0.25, 0.3) is 0 Å². The van der Waals surface area contributed by atoms with Crippen LogP contribution >= 0.6 is 0 Å². The number of rotatable bonds is 2. The molecule has 0 spiro atoms. The largest absolute Gasteiger partial charge is 0.384 e. The van der Waals surface area contributed by atoms with E-state index in [2.05, 4.69) is 24.7 Å². The number of aromatic nitrogens is 1. The van der Waals surface area contributed by atoms with Crippen molar-refractivity contribution in [1.82, 2.24) is 4.98 Å². The maximum absolute atomic E-state index is 5.62. The summed E-state index contributed by atoms with van der Waals surface area (Å²) in [5.41, 5.74) is 8.45. The second-order valence-electron chi connectivity index (χ2n) is 2.98. The Balaban J connectivity index is -0.000000375. The lowest BCUT2D eigenvalue weighted by Gasteiger charge is -2.02. The van der Waals surface area contributed by atoms with Crippen molar-refractivity contribution in [3.63, 3.8) is 0 Å². The Morgan fingerprint density at radius 1 is 1.16 bits per heavy atom. The van der Waals surface area contributed by atoms with Crippen molar-refractivity contribution in [1.29, 1.82) is 0 Å². The molecule has 0 radical (unpaired) electrons. The Morgan fingerprint density at radius 3 is 2.00 bits per heavy atom. The lowest BCUT2D eigenvalue weighted by Crippen LogP contribution is -1.95. The Hall–Kier alpha value is -1.83. The Bertz CT molecular complexity index is 345. The zero-order chi connectivity index (χ0) is 15.8. The van der Waals surface area contributed by atoms with Crippen molar-refractivity contribution in [3.8, 4) is 0 Å². The Kier molecular flexibility index (Phi) is 19.0. The van der Waals surface area contributed by atoms with Gasteiger partial charge in [0.05, 0.1) is 5.69 Å². The molecule has 0 amide bonds. The molecule has 0 saturated heterocycles. The fourth-order valence-corrected chi connectivity index (χ4v) is 1.15. The first-order chi connectivity index (χ1) is 9.13. The summed E-state index contributed by atoms with van der Waals surface area (Å²) in [4.78, 5) is 4.18. The van der Waals surface area contributed by atoms with Crippen LogP contribution in [-0.4, -0.2) is 4.98 Å². The summed E-state index contributed by atoms with van der Waals surface area (Å²) in [6.45, 7) is 21.8. The fraction of sp³-hybridized carbons (Fsp3) is 0.353. The van der Waals surface area contributed by atoms with Gasteiger partial charge in [0.15, 0.2) is 0 Å². The molecular weight excluding hydrogens is 232 g/mol. The van der Waals surface area contributed by atoms with E-state index in [1.807, 2.05) is 65.8 Å². The topological polar surface area (TPSA) is 38.9 Å². The molecule has 0 atom stereocenters. The molecule has 1 rings (SSSR count). The highest BCUT2D eigenvalue weighted by Gasteiger charge is 1.98. The summed E-state index contributed by atoms with van der Waals surface area (Å²) < 4.78 is 0. The average molecular weight is 262 g/mol. The molecule has 0 fully saturated rings. The Morgan fingerprint density at radius 2 is 1.63 bits per heavy atom. The Labute approximate surface area is 119 Å². The number of allylic oxidation sites excluding steroid dienone is 3. The van der Waals surface area contributed by atoms with E-state index in [1.54, 1.807) is 0 Å². The molecule has 0 aliphatic carbocycles. The SMILES string of the molecule is C=C.C=C(/C=C\C)c1cc(C)cc(N)n1.CC.CC. The van der Waals surface area contributed by atoms with Gasteiger partial charge in [0.2, 0.25) is 0 Å². The smallest absolute Gasteiger partial charge is 0.124 e. The molecule has 19 heavy (non-hydrogen) atoms. The van der Waals surface area contributed by atoms with Crippen LogP contribution in [0.15, 0.2) is 44.0 Å². The van der Waals surface area contributed by atoms with Crippen LogP contribution in [0.5, 0.6) is 0 Å². The van der Waals surface area contributed by atoms with Crippen LogP contribution in [-0.2, 0) is 0 Å². The third-order valence-corrected chi connectivity index (χ3v) is 1.69. The van der Waals surface area contributed by atoms with Crippen LogP contribution < -0.4 is 5.73 Å². The first-order valence-electron chi connectivity index (χ1n) is 6.69. The number of nitrogens with two attached hydrogens (primary N) is 1. The van der Waals surface area contributed by atoms with Gasteiger partial charge in [-0.1, -0.05) is 46.4 Å². The highest BCUT2D eigenvalue weighted by molar-refractivity contribution is 5.70. The first kappa shape index (κ1) is 22.4. The van der Waals surface area contributed by atoms with E-state index >= 15 is 0 Å². The fourth-order valence-electron chi connectivity index (χ4n) is 1.15. The van der Waals surface area contributed by atoms with Crippen molar-refractivity contribution in [2.75, 3.05) is 5.73 Å². The zero-order valence-corrected chi connectivity index (χ0v) is 13.5. The van der Waals surface area contributed by atoms with Gasteiger partial charge in [-0.15, -0.1) is 13.2 Å². The lowest BCUT2D eigenvalue weighted by molar-refractivity contribution is 1.26. The van der Waals surface area contributed by atoms with Gasteiger partial charge in [-0.3, -0.25) is 0 Å². The number of anilines is 1. The van der Waals surface area contributed by atoms with Crippen molar-refractivity contribution in [2.45, 2.75) is 41.5 Å². The second kappa shape index (κ2) is 16.2. The van der Waals surface area contributed by atoms with Crippen LogP contribution in [0.25, 0.3) is 5.57 Å². The summed E-state index contributed by atoms with van der Waals surface area (Å²) in [5.74, 6) is 0.542. The van der Waals surface area contributed by atoms with Crippen LogP contribution in [0.3, 0.4) is 0 Å². The maximum Gasteiger partial charge on any atom is 0.124 e. The van der Waals surface area contributed by atoms with Gasteiger partial charge < -0.3 is 5.73 Å². The zero-order valence-electron chi connectivity index (χ0n) is 13.5. The van der Waals surface area contributed by atoms with Gasteiger partial charge in [-0.25, -0.2) is 4.98 Å². The minimum Gasteiger partial charge on any atom is -0.384 e. The van der Waals surface area contributed by atoms with Gasteiger partial charge >= 0.3 is 0 Å². The van der Waals surface area contributed by atoms with Crippen LogP contribution in [0.4, 0.5) is 5.82 Å². The van der Waals surface area contributed by atoms with E-state index in [0.717, 1.165) is 16.8 Å². The minimum absolute atomic E-state index is 0.542. The molecule has 2 nitrogen and oxygen atoms in total. The van der Waals surface area contributed by atoms with Crippen LogP contribution in [0.2, 0.25) is 0 Å². The van der Waals surface area contributed by atoms with Crippen molar-refractivity contribution in [2.24, 2.45) is 0 Å². The number of pyridine rings is 1. The van der Waals surface area contributed by atoms with Gasteiger partial charge in [0.1, 0.15) is 5.82 Å². The van der Waals surface area contributed by atoms with Crippen molar-refractivity contribution in [3.05, 3.63) is 55.3 Å². The molecule has 0 bridgehead atoms. The summed E-state index contributed by atoms with van der Waals surface area (Å²) in [7, 11) is 0. The highest BCUT2D eigenvalue weighted by Crippen LogP contribution is 2.14. The van der Waals surface area contributed by atoms with Crippen LogP contribution in [0, 0.1) is 6.92 Å². The predicted molar refractivity (Wildman–Crippen MR) is 91.2 cm³/mol. The number of hydrogen-bond donors (Lipinski definition) is 1. The summed E-state index contributed by atoms with van der Waals surface area (Å²) >= 11 is 0. The molecule has 0 unspecified atom stereocenters. The van der Waals surface area contributed by atoms with E-state index < -0.39 is 0 Å². The van der Waals surface area contributed by atoms with Gasteiger partial charge in [0, 0.05) is 0 Å². The van der Waals surface area contributed by atoms with E-state index in [4.69, 9.17) is 5.73 Å². The minimum atomic E-state index is 0.542. The molecule has 108 valence electrons. The molecule has 0 saturated carbocycles. The second-order valence-corrected chi connectivity index (χ2v) is 2.98.